The first-order valence-electron chi connectivity index (χ1n) is 5.71. The lowest BCUT2D eigenvalue weighted by Gasteiger charge is -2.11. The fourth-order valence-corrected chi connectivity index (χ4v) is 2.69. The molecule has 0 spiro atoms. The van der Waals surface area contributed by atoms with Crippen LogP contribution in [0.25, 0.3) is 0 Å². The van der Waals surface area contributed by atoms with Crippen molar-refractivity contribution in [1.82, 2.24) is 0 Å². The maximum absolute atomic E-state index is 12.3. The van der Waals surface area contributed by atoms with E-state index in [0.29, 0.717) is 27.7 Å². The summed E-state index contributed by atoms with van der Waals surface area (Å²) < 4.78 is 6.02. The van der Waals surface area contributed by atoms with Gasteiger partial charge in [0.1, 0.15) is 5.75 Å². The number of anilines is 2. The lowest BCUT2D eigenvalue weighted by molar-refractivity contribution is 0.102. The summed E-state index contributed by atoms with van der Waals surface area (Å²) in [5.41, 5.74) is 7.28. The van der Waals surface area contributed by atoms with Crippen molar-refractivity contribution in [2.45, 2.75) is 0 Å². The first-order chi connectivity index (χ1) is 9.51. The van der Waals surface area contributed by atoms with Gasteiger partial charge >= 0.3 is 0 Å². The second-order valence-electron chi connectivity index (χ2n) is 4.04. The third-order valence-electron chi connectivity index (χ3n) is 2.65. The van der Waals surface area contributed by atoms with Crippen molar-refractivity contribution in [2.24, 2.45) is 0 Å². The van der Waals surface area contributed by atoms with Gasteiger partial charge < -0.3 is 15.8 Å². The van der Waals surface area contributed by atoms with Crippen LogP contribution in [0, 0.1) is 3.57 Å². The number of nitrogens with one attached hydrogen (secondary N) is 1. The maximum atomic E-state index is 12.3. The number of carbonyl (C=O) groups excluding carboxylic acids is 1. The number of carbonyl (C=O) groups is 1. The van der Waals surface area contributed by atoms with Crippen molar-refractivity contribution in [1.29, 1.82) is 0 Å². The van der Waals surface area contributed by atoms with E-state index in [-0.39, 0.29) is 5.91 Å². The Morgan fingerprint density at radius 1 is 1.30 bits per heavy atom. The van der Waals surface area contributed by atoms with Crippen LogP contribution in [0.5, 0.6) is 5.75 Å². The Morgan fingerprint density at radius 2 is 2.05 bits per heavy atom. The molecule has 4 nitrogen and oxygen atoms in total. The minimum absolute atomic E-state index is 0.283. The minimum atomic E-state index is -0.283. The molecule has 0 aliphatic rings. The Labute approximate surface area is 135 Å². The molecule has 1 amide bonds. The predicted octanol–water partition coefficient (Wildman–Crippen LogP) is 3.79. The van der Waals surface area contributed by atoms with Gasteiger partial charge in [0.15, 0.2) is 0 Å². The molecule has 0 aromatic heterocycles. The normalized spacial score (nSPS) is 10.2. The van der Waals surface area contributed by atoms with Gasteiger partial charge in [-0.1, -0.05) is 11.6 Å². The molecule has 0 saturated carbocycles. The van der Waals surface area contributed by atoms with Gasteiger partial charge in [-0.05, 0) is 59.0 Å². The molecular weight excluding hydrogens is 391 g/mol. The van der Waals surface area contributed by atoms with E-state index in [1.807, 2.05) is 0 Å². The second-order valence-corrected chi connectivity index (χ2v) is 5.64. The van der Waals surface area contributed by atoms with Gasteiger partial charge in [0.2, 0.25) is 0 Å². The van der Waals surface area contributed by atoms with Gasteiger partial charge in [0.05, 0.1) is 18.4 Å². The van der Waals surface area contributed by atoms with E-state index in [2.05, 4.69) is 27.9 Å². The molecule has 0 bridgehead atoms. The molecule has 2 rings (SSSR count). The number of nitrogen functional groups attached to an aromatic ring is 1. The van der Waals surface area contributed by atoms with E-state index in [4.69, 9.17) is 22.1 Å². The van der Waals surface area contributed by atoms with Crippen LogP contribution < -0.4 is 15.8 Å². The Morgan fingerprint density at radius 3 is 2.70 bits per heavy atom. The number of rotatable bonds is 3. The van der Waals surface area contributed by atoms with Gasteiger partial charge in [0, 0.05) is 14.3 Å². The molecule has 0 heterocycles. The van der Waals surface area contributed by atoms with Crippen LogP contribution >= 0.6 is 34.2 Å². The van der Waals surface area contributed by atoms with Crippen molar-refractivity contribution in [3.63, 3.8) is 0 Å². The Kier molecular flexibility index (Phi) is 4.72. The number of methoxy groups -OCH3 is 1. The molecule has 0 atom stereocenters. The molecular formula is C14H12ClIN2O2. The van der Waals surface area contributed by atoms with Crippen LogP contribution in [-0.4, -0.2) is 13.0 Å². The lowest BCUT2D eigenvalue weighted by atomic mass is 10.1. The van der Waals surface area contributed by atoms with Crippen LogP contribution in [0.1, 0.15) is 10.4 Å². The molecule has 0 radical (unpaired) electrons. The SMILES string of the molecule is COc1ccc(N)cc1C(=O)Nc1ccc(Cl)cc1I. The Bertz CT molecular complexity index is 662. The van der Waals surface area contributed by atoms with E-state index >= 15 is 0 Å². The van der Waals surface area contributed by atoms with Crippen molar-refractivity contribution in [2.75, 3.05) is 18.2 Å². The highest BCUT2D eigenvalue weighted by molar-refractivity contribution is 14.1. The van der Waals surface area contributed by atoms with E-state index in [1.54, 1.807) is 36.4 Å². The maximum Gasteiger partial charge on any atom is 0.259 e. The molecule has 0 fully saturated rings. The zero-order chi connectivity index (χ0) is 14.7. The zero-order valence-electron chi connectivity index (χ0n) is 10.6. The smallest absolute Gasteiger partial charge is 0.259 e. The standard InChI is InChI=1S/C14H12ClIN2O2/c1-20-13-5-3-9(17)7-10(13)14(19)18-12-4-2-8(15)6-11(12)16/h2-7H,17H2,1H3,(H,18,19). The van der Waals surface area contributed by atoms with Crippen LogP contribution in [0.15, 0.2) is 36.4 Å². The van der Waals surface area contributed by atoms with Crippen molar-refractivity contribution in [3.8, 4) is 5.75 Å². The van der Waals surface area contributed by atoms with E-state index < -0.39 is 0 Å². The van der Waals surface area contributed by atoms with E-state index in [1.165, 1.54) is 7.11 Å². The number of amides is 1. The number of hydrogen-bond acceptors (Lipinski definition) is 3. The fourth-order valence-electron chi connectivity index (χ4n) is 1.68. The molecule has 20 heavy (non-hydrogen) atoms. The monoisotopic (exact) mass is 402 g/mol. The summed E-state index contributed by atoms with van der Waals surface area (Å²) in [5.74, 6) is 0.190. The average molecular weight is 403 g/mol. The molecule has 3 N–H and O–H groups in total. The Hall–Kier alpha value is -1.47. The topological polar surface area (TPSA) is 64.3 Å². The van der Waals surface area contributed by atoms with Crippen molar-refractivity contribution in [3.05, 3.63) is 50.6 Å². The van der Waals surface area contributed by atoms with Gasteiger partial charge in [-0.2, -0.15) is 0 Å². The first-order valence-corrected chi connectivity index (χ1v) is 7.17. The molecule has 0 aliphatic heterocycles. The third kappa shape index (κ3) is 3.34. The van der Waals surface area contributed by atoms with Gasteiger partial charge in [-0.3, -0.25) is 4.79 Å². The summed E-state index contributed by atoms with van der Waals surface area (Å²) in [6.07, 6.45) is 0. The number of halogens is 2. The molecule has 2 aromatic carbocycles. The number of benzene rings is 2. The van der Waals surface area contributed by atoms with Crippen LogP contribution in [0.4, 0.5) is 11.4 Å². The molecule has 104 valence electrons. The third-order valence-corrected chi connectivity index (χ3v) is 3.78. The van der Waals surface area contributed by atoms with Crippen LogP contribution in [-0.2, 0) is 0 Å². The van der Waals surface area contributed by atoms with Crippen molar-refractivity contribution >= 4 is 51.5 Å². The minimum Gasteiger partial charge on any atom is -0.496 e. The highest BCUT2D eigenvalue weighted by Gasteiger charge is 2.14. The summed E-state index contributed by atoms with van der Waals surface area (Å²) in [6, 6.07) is 10.2. The Balaban J connectivity index is 2.30. The summed E-state index contributed by atoms with van der Waals surface area (Å²) >= 11 is 7.99. The largest absolute Gasteiger partial charge is 0.496 e. The molecule has 0 aliphatic carbocycles. The van der Waals surface area contributed by atoms with Gasteiger partial charge in [-0.15, -0.1) is 0 Å². The first kappa shape index (κ1) is 14.9. The lowest BCUT2D eigenvalue weighted by Crippen LogP contribution is -2.14. The summed E-state index contributed by atoms with van der Waals surface area (Å²) in [6.45, 7) is 0. The number of ether oxygens (including phenoxy) is 1. The van der Waals surface area contributed by atoms with E-state index in [0.717, 1.165) is 3.57 Å². The average Bonchev–Trinajstić information content (AvgIpc) is 2.41. The predicted molar refractivity (Wildman–Crippen MR) is 89.5 cm³/mol. The number of hydrogen-bond donors (Lipinski definition) is 2. The second kappa shape index (κ2) is 6.32. The number of nitrogens with two attached hydrogens (primary N) is 1. The fraction of sp³-hybridized carbons (Fsp3) is 0.0714. The quantitative estimate of drug-likeness (QED) is 0.606. The summed E-state index contributed by atoms with van der Waals surface area (Å²) in [5, 5.41) is 3.43. The van der Waals surface area contributed by atoms with E-state index in [9.17, 15) is 4.79 Å². The highest BCUT2D eigenvalue weighted by atomic mass is 127. The van der Waals surface area contributed by atoms with Crippen molar-refractivity contribution < 1.29 is 9.53 Å². The summed E-state index contributed by atoms with van der Waals surface area (Å²) in [4.78, 5) is 12.3. The molecule has 0 unspecified atom stereocenters. The highest BCUT2D eigenvalue weighted by Crippen LogP contribution is 2.25. The molecule has 2 aromatic rings. The van der Waals surface area contributed by atoms with Gasteiger partial charge in [-0.25, -0.2) is 0 Å². The summed E-state index contributed by atoms with van der Waals surface area (Å²) in [7, 11) is 1.51. The van der Waals surface area contributed by atoms with Crippen LogP contribution in [0.3, 0.4) is 0 Å². The molecule has 6 heteroatoms. The zero-order valence-corrected chi connectivity index (χ0v) is 13.5. The van der Waals surface area contributed by atoms with Gasteiger partial charge in [0.25, 0.3) is 5.91 Å². The van der Waals surface area contributed by atoms with Crippen LogP contribution in [0.2, 0.25) is 5.02 Å². The molecule has 0 saturated heterocycles.